The normalized spacial score (nSPS) is 14.8. The Morgan fingerprint density at radius 2 is 0.500 bits per heavy atom. The Morgan fingerprint density at radius 3 is 0.880 bits per heavy atom. The van der Waals surface area contributed by atoms with E-state index in [2.05, 4.69) is 399 Å². The Bertz CT molecular complexity index is 5420. The molecule has 0 radical (unpaired) electrons. The van der Waals surface area contributed by atoms with Gasteiger partial charge in [0.05, 0.1) is 22.2 Å². The molecule has 100 heavy (non-hydrogen) atoms. The van der Waals surface area contributed by atoms with E-state index in [0.29, 0.717) is 0 Å². The highest BCUT2D eigenvalue weighted by atomic mass is 15.2. The van der Waals surface area contributed by atoms with Crippen molar-refractivity contribution in [2.75, 3.05) is 9.80 Å². The highest BCUT2D eigenvalue weighted by molar-refractivity contribution is 6.13. The summed E-state index contributed by atoms with van der Waals surface area (Å²) in [6.45, 7) is 8.28. The van der Waals surface area contributed by atoms with E-state index in [1.54, 1.807) is 0 Å². The topological polar surface area (TPSA) is 6.48 Å². The van der Waals surface area contributed by atoms with Gasteiger partial charge >= 0.3 is 0 Å². The van der Waals surface area contributed by atoms with Gasteiger partial charge in [0.25, 0.3) is 0 Å². The second-order valence-corrected chi connectivity index (χ2v) is 26.3. The van der Waals surface area contributed by atoms with Crippen molar-refractivity contribution >= 4 is 67.8 Å². The molecule has 2 aliphatic rings. The predicted octanol–water partition coefficient (Wildman–Crippen LogP) is 25.9. The van der Waals surface area contributed by atoms with E-state index in [1.807, 2.05) is 12.2 Å². The number of benzene rings is 16. The monoisotopic (exact) mass is 1270 g/mol. The zero-order chi connectivity index (χ0) is 66.7. The van der Waals surface area contributed by atoms with E-state index in [1.165, 1.54) is 77.9 Å². The van der Waals surface area contributed by atoms with Crippen LogP contribution in [0.1, 0.15) is 55.6 Å². The summed E-state index contributed by atoms with van der Waals surface area (Å²) in [6.07, 6.45) is 3.86. The molecule has 0 saturated heterocycles. The molecule has 0 saturated carbocycles. The molecule has 2 atom stereocenters. The quantitative estimate of drug-likeness (QED) is 0.101. The minimum Gasteiger partial charge on any atom is -0.310 e. The Kier molecular flexibility index (Phi) is 14.7. The molecule has 470 valence electrons. The van der Waals surface area contributed by atoms with Crippen molar-refractivity contribution in [2.45, 2.75) is 10.8 Å². The molecule has 2 nitrogen and oxygen atoms in total. The summed E-state index contributed by atoms with van der Waals surface area (Å²) in [4.78, 5) is 4.97. The van der Waals surface area contributed by atoms with Crippen molar-refractivity contribution in [1.82, 2.24) is 0 Å². The Labute approximate surface area is 585 Å². The lowest BCUT2D eigenvalue weighted by molar-refractivity contribution is 0.768. The van der Waals surface area contributed by atoms with E-state index >= 15 is 0 Å². The molecular weight excluding hydrogens is 1210 g/mol. The second-order valence-electron chi connectivity index (χ2n) is 26.3. The van der Waals surface area contributed by atoms with Crippen LogP contribution in [-0.2, 0) is 10.8 Å². The fourth-order valence-electron chi connectivity index (χ4n) is 16.7. The molecule has 2 heteroatoms. The van der Waals surface area contributed by atoms with Crippen molar-refractivity contribution in [3.63, 3.8) is 0 Å². The van der Waals surface area contributed by atoms with E-state index in [9.17, 15) is 0 Å². The Morgan fingerprint density at radius 1 is 0.210 bits per heavy atom. The molecule has 0 spiro atoms. The van der Waals surface area contributed by atoms with Crippen molar-refractivity contribution in [3.05, 3.63) is 445 Å². The molecule has 18 rings (SSSR count). The third kappa shape index (κ3) is 9.55. The van der Waals surface area contributed by atoms with Gasteiger partial charge in [0.1, 0.15) is 0 Å². The van der Waals surface area contributed by atoms with Gasteiger partial charge in [0.15, 0.2) is 0 Å². The van der Waals surface area contributed by atoms with Gasteiger partial charge in [0.2, 0.25) is 0 Å². The van der Waals surface area contributed by atoms with E-state index < -0.39 is 10.8 Å². The Balaban J connectivity index is 0.824. The lowest BCUT2D eigenvalue weighted by Gasteiger charge is -2.35. The van der Waals surface area contributed by atoms with Gasteiger partial charge in [-0.1, -0.05) is 341 Å². The molecule has 0 bridgehead atoms. The number of fused-ring (bicyclic) bond motifs is 8. The van der Waals surface area contributed by atoms with E-state index in [-0.39, 0.29) is 0 Å². The number of anilines is 6. The molecule has 2 unspecified atom stereocenters. The van der Waals surface area contributed by atoms with Gasteiger partial charge in [-0.2, -0.15) is 0 Å². The SMILES string of the molecule is C=Cc1ccc(C2(c3ccccc3)c3ccccc3-c3ccc(N(c4ccc(-c5ccccc5)cc4)c4ccc(-c5ccc(N(c6ccc(-c7ccccc7)cc6)c6ccc7c(c6)C(c6ccccc6)(c6ccc(C=C)cc6)c6ccccc6-7)c6ccccc56)c5ccccc45)cc32)cc1. The molecular formula is C98H68N2. The first-order chi connectivity index (χ1) is 49.5. The van der Waals surface area contributed by atoms with E-state index in [4.69, 9.17) is 0 Å². The number of nitrogens with zero attached hydrogens (tertiary/aromatic N) is 2. The highest BCUT2D eigenvalue weighted by Gasteiger charge is 2.48. The molecule has 16 aromatic carbocycles. The maximum Gasteiger partial charge on any atom is 0.0714 e. The zero-order valence-electron chi connectivity index (χ0n) is 55.3. The fraction of sp³-hybridized carbons (Fsp3) is 0.0204. The standard InChI is InChI=1S/C98H68N2/c1-3-67-41-49-75(50-42-67)97(73-29-13-7-14-30-73)91-39-23-21-35-85(91)87-59-57-79(65-93(87)97)99(77-53-45-71(46-54-77)69-25-9-5-10-26-69)95-63-61-83(81-33-17-19-37-89(81)95)84-62-64-96(90-38-20-18-34-82(84)90)100(78-55-47-72(48-56-78)70-27-11-6-12-28-70)80-58-60-88-86-36-22-24-40-92(86)98(94(88)66-80,74-31-15-8-16-32-74)76-51-43-68(4-2)44-52-76/h3-66H,1-2H2. The summed E-state index contributed by atoms with van der Waals surface area (Å²) in [5.74, 6) is 0. The summed E-state index contributed by atoms with van der Waals surface area (Å²) in [7, 11) is 0. The van der Waals surface area contributed by atoms with Crippen LogP contribution in [0, 0.1) is 0 Å². The summed E-state index contributed by atoms with van der Waals surface area (Å²) in [5.41, 5.74) is 29.1. The van der Waals surface area contributed by atoms with Crippen LogP contribution in [0.2, 0.25) is 0 Å². The minimum absolute atomic E-state index is 0.621. The van der Waals surface area contributed by atoms with Crippen LogP contribution in [0.15, 0.2) is 389 Å². The van der Waals surface area contributed by atoms with Gasteiger partial charge < -0.3 is 9.80 Å². The largest absolute Gasteiger partial charge is 0.310 e. The fourth-order valence-corrected chi connectivity index (χ4v) is 16.7. The van der Waals surface area contributed by atoms with E-state index in [0.717, 1.165) is 89.0 Å². The van der Waals surface area contributed by atoms with Crippen molar-refractivity contribution in [2.24, 2.45) is 0 Å². The van der Waals surface area contributed by atoms with Crippen molar-refractivity contribution in [3.8, 4) is 55.6 Å². The molecule has 0 aliphatic heterocycles. The van der Waals surface area contributed by atoms with Crippen LogP contribution >= 0.6 is 0 Å². The molecule has 16 aromatic rings. The highest BCUT2D eigenvalue weighted by Crippen LogP contribution is 2.60. The summed E-state index contributed by atoms with van der Waals surface area (Å²) in [6, 6.07) is 140. The third-order valence-corrected chi connectivity index (χ3v) is 21.2. The molecule has 0 amide bonds. The van der Waals surface area contributed by atoms with Crippen LogP contribution < -0.4 is 9.80 Å². The first-order valence-electron chi connectivity index (χ1n) is 34.5. The average molecular weight is 1270 g/mol. The van der Waals surface area contributed by atoms with Crippen molar-refractivity contribution < 1.29 is 0 Å². The van der Waals surface area contributed by atoms with Crippen LogP contribution in [0.4, 0.5) is 34.1 Å². The zero-order valence-corrected chi connectivity index (χ0v) is 55.3. The van der Waals surface area contributed by atoms with Gasteiger partial charge in [0, 0.05) is 33.5 Å². The van der Waals surface area contributed by atoms with Gasteiger partial charge in [-0.25, -0.2) is 0 Å². The summed E-state index contributed by atoms with van der Waals surface area (Å²) < 4.78 is 0. The molecule has 0 heterocycles. The Hall–Kier alpha value is -12.9. The molecule has 0 aromatic heterocycles. The molecule has 2 aliphatic carbocycles. The molecule has 0 fully saturated rings. The van der Waals surface area contributed by atoms with Crippen LogP contribution in [0.3, 0.4) is 0 Å². The smallest absolute Gasteiger partial charge is 0.0714 e. The predicted molar refractivity (Wildman–Crippen MR) is 422 cm³/mol. The maximum absolute atomic E-state index is 4.14. The number of hydrogen-bond acceptors (Lipinski definition) is 2. The average Bonchev–Trinajstić information content (AvgIpc) is 1.53. The van der Waals surface area contributed by atoms with Crippen LogP contribution in [0.25, 0.3) is 89.3 Å². The van der Waals surface area contributed by atoms with Crippen LogP contribution in [-0.4, -0.2) is 0 Å². The first kappa shape index (κ1) is 59.6. The van der Waals surface area contributed by atoms with Crippen LogP contribution in [0.5, 0.6) is 0 Å². The van der Waals surface area contributed by atoms with Gasteiger partial charge in [-0.15, -0.1) is 0 Å². The maximum atomic E-state index is 4.14. The van der Waals surface area contributed by atoms with Gasteiger partial charge in [-0.3, -0.25) is 0 Å². The second kappa shape index (κ2) is 24.6. The molecule has 0 N–H and O–H groups in total. The lowest BCUT2D eigenvalue weighted by atomic mass is 9.67. The number of hydrogen-bond donors (Lipinski definition) is 0. The lowest BCUT2D eigenvalue weighted by Crippen LogP contribution is -2.28. The summed E-state index contributed by atoms with van der Waals surface area (Å²) in [5, 5.41) is 4.59. The van der Waals surface area contributed by atoms with Crippen molar-refractivity contribution in [1.29, 1.82) is 0 Å². The number of rotatable bonds is 15. The first-order valence-corrected chi connectivity index (χ1v) is 34.5. The summed E-state index contributed by atoms with van der Waals surface area (Å²) >= 11 is 0. The third-order valence-electron chi connectivity index (χ3n) is 21.2. The minimum atomic E-state index is -0.621. The van der Waals surface area contributed by atoms with Gasteiger partial charge in [-0.05, 0) is 183 Å².